The number of halogens is 3. The number of carbonyl (C=O) groups is 1. The molecule has 7 heteroatoms. The van der Waals surface area contributed by atoms with E-state index in [4.69, 9.17) is 4.74 Å². The molecule has 0 radical (unpaired) electrons. The third kappa shape index (κ3) is 5.25. The van der Waals surface area contributed by atoms with E-state index in [2.05, 4.69) is 4.90 Å². The van der Waals surface area contributed by atoms with Crippen LogP contribution >= 0.6 is 0 Å². The Bertz CT molecular complexity index is 838. The molecule has 3 rings (SSSR count). The number of hydrogen-bond donors (Lipinski definition) is 1. The molecule has 2 aromatic rings. The fraction of sp³-hybridized carbons (Fsp3) is 0.381. The molecule has 28 heavy (non-hydrogen) atoms. The van der Waals surface area contributed by atoms with Crippen LogP contribution in [0.3, 0.4) is 0 Å². The summed E-state index contributed by atoms with van der Waals surface area (Å²) in [4.78, 5) is 13.4. The van der Waals surface area contributed by atoms with Gasteiger partial charge in [0.1, 0.15) is 11.5 Å². The van der Waals surface area contributed by atoms with Crippen molar-refractivity contribution in [1.29, 1.82) is 0 Å². The highest BCUT2D eigenvalue weighted by Gasteiger charge is 2.31. The summed E-state index contributed by atoms with van der Waals surface area (Å²) in [6.07, 6.45) is -3.75. The van der Waals surface area contributed by atoms with Gasteiger partial charge in [-0.3, -0.25) is 9.69 Å². The number of likely N-dealkylation sites (tertiary alicyclic amines) is 1. The minimum Gasteiger partial charge on any atom is -0.481 e. The zero-order chi connectivity index (χ0) is 20.3. The molecule has 2 atom stereocenters. The lowest BCUT2D eigenvalue weighted by molar-refractivity contribution is -0.144. The van der Waals surface area contributed by atoms with E-state index < -0.39 is 17.7 Å². The van der Waals surface area contributed by atoms with E-state index in [1.54, 1.807) is 18.2 Å². The highest BCUT2D eigenvalue weighted by molar-refractivity contribution is 5.70. The number of alkyl halides is 3. The normalized spacial score (nSPS) is 20.7. The first-order valence-electron chi connectivity index (χ1n) is 9.10. The summed E-state index contributed by atoms with van der Waals surface area (Å²) in [5.41, 5.74) is 0.158. The van der Waals surface area contributed by atoms with E-state index in [1.807, 2.05) is 13.0 Å². The topological polar surface area (TPSA) is 49.8 Å². The fourth-order valence-corrected chi connectivity index (χ4v) is 3.61. The number of piperidine rings is 1. The second-order valence-corrected chi connectivity index (χ2v) is 7.35. The van der Waals surface area contributed by atoms with Crippen molar-refractivity contribution in [2.24, 2.45) is 11.8 Å². The molecule has 0 aliphatic carbocycles. The van der Waals surface area contributed by atoms with Crippen molar-refractivity contribution < 1.29 is 27.8 Å². The second-order valence-electron chi connectivity index (χ2n) is 7.35. The molecule has 0 aromatic heterocycles. The standard InChI is InChI=1S/C21H22F3NO3/c1-14-8-16(20(26)27)13-25(11-14)12-15-4-2-6-18(9-15)28-19-7-3-5-17(10-19)21(22,23)24/h2-7,9-10,14,16H,8,11-13H2,1H3,(H,26,27). The summed E-state index contributed by atoms with van der Waals surface area (Å²) in [6.45, 7) is 3.89. The third-order valence-corrected chi connectivity index (χ3v) is 4.79. The van der Waals surface area contributed by atoms with Crippen molar-refractivity contribution in [3.63, 3.8) is 0 Å². The van der Waals surface area contributed by atoms with Crippen LogP contribution in [-0.2, 0) is 17.5 Å². The van der Waals surface area contributed by atoms with Gasteiger partial charge in [-0.25, -0.2) is 0 Å². The van der Waals surface area contributed by atoms with Crippen LogP contribution in [-0.4, -0.2) is 29.1 Å². The van der Waals surface area contributed by atoms with Crippen molar-refractivity contribution in [1.82, 2.24) is 4.90 Å². The van der Waals surface area contributed by atoms with Gasteiger partial charge in [0.2, 0.25) is 0 Å². The molecule has 0 saturated carbocycles. The molecular weight excluding hydrogens is 371 g/mol. The van der Waals surface area contributed by atoms with Crippen LogP contribution in [0.5, 0.6) is 11.5 Å². The number of benzene rings is 2. The van der Waals surface area contributed by atoms with Gasteiger partial charge in [0.05, 0.1) is 11.5 Å². The Kier molecular flexibility index (Phi) is 5.93. The Morgan fingerprint density at radius 3 is 2.50 bits per heavy atom. The minimum absolute atomic E-state index is 0.115. The fourth-order valence-electron chi connectivity index (χ4n) is 3.61. The Labute approximate surface area is 161 Å². The number of nitrogens with zero attached hydrogens (tertiary/aromatic N) is 1. The number of carboxylic acids is 1. The van der Waals surface area contributed by atoms with Gasteiger partial charge in [-0.2, -0.15) is 13.2 Å². The lowest BCUT2D eigenvalue weighted by Gasteiger charge is -2.34. The first-order chi connectivity index (χ1) is 13.2. The average Bonchev–Trinajstić information content (AvgIpc) is 2.61. The first-order valence-corrected chi connectivity index (χ1v) is 9.10. The number of rotatable bonds is 5. The highest BCUT2D eigenvalue weighted by atomic mass is 19.4. The maximum Gasteiger partial charge on any atom is 0.416 e. The van der Waals surface area contributed by atoms with Gasteiger partial charge in [-0.05, 0) is 48.2 Å². The highest BCUT2D eigenvalue weighted by Crippen LogP contribution is 2.33. The lowest BCUT2D eigenvalue weighted by atomic mass is 9.90. The van der Waals surface area contributed by atoms with Gasteiger partial charge in [0.15, 0.2) is 0 Å². The van der Waals surface area contributed by atoms with Crippen LogP contribution in [0.15, 0.2) is 48.5 Å². The number of carboxylic acid groups (broad SMARTS) is 1. The Balaban J connectivity index is 1.70. The van der Waals surface area contributed by atoms with Gasteiger partial charge < -0.3 is 9.84 Å². The van der Waals surface area contributed by atoms with Crippen molar-refractivity contribution in [3.05, 3.63) is 59.7 Å². The summed E-state index contributed by atoms with van der Waals surface area (Å²) in [6, 6.07) is 11.9. The molecule has 1 fully saturated rings. The van der Waals surface area contributed by atoms with Gasteiger partial charge in [0.25, 0.3) is 0 Å². The minimum atomic E-state index is -4.42. The van der Waals surface area contributed by atoms with Crippen LogP contribution in [0.2, 0.25) is 0 Å². The van der Waals surface area contributed by atoms with Gasteiger partial charge >= 0.3 is 12.1 Å². The monoisotopic (exact) mass is 393 g/mol. The van der Waals surface area contributed by atoms with Gasteiger partial charge in [0, 0.05) is 19.6 Å². The predicted octanol–water partition coefficient (Wildman–Crippen LogP) is 5.04. The Morgan fingerprint density at radius 2 is 1.82 bits per heavy atom. The van der Waals surface area contributed by atoms with Crippen molar-refractivity contribution in [2.75, 3.05) is 13.1 Å². The second kappa shape index (κ2) is 8.22. The summed E-state index contributed by atoms with van der Waals surface area (Å²) in [7, 11) is 0. The van der Waals surface area contributed by atoms with Crippen LogP contribution in [0, 0.1) is 11.8 Å². The smallest absolute Gasteiger partial charge is 0.416 e. The van der Waals surface area contributed by atoms with E-state index in [0.717, 1.165) is 24.2 Å². The largest absolute Gasteiger partial charge is 0.481 e. The average molecular weight is 393 g/mol. The zero-order valence-corrected chi connectivity index (χ0v) is 15.4. The van der Waals surface area contributed by atoms with Gasteiger partial charge in [-0.15, -0.1) is 0 Å². The first kappa shape index (κ1) is 20.2. The molecule has 150 valence electrons. The summed E-state index contributed by atoms with van der Waals surface area (Å²) >= 11 is 0. The maximum absolute atomic E-state index is 12.8. The third-order valence-electron chi connectivity index (χ3n) is 4.79. The molecule has 1 aliphatic heterocycles. The quantitative estimate of drug-likeness (QED) is 0.773. The number of ether oxygens (including phenoxy) is 1. The van der Waals surface area contributed by atoms with Crippen LogP contribution in [0.4, 0.5) is 13.2 Å². The molecule has 0 bridgehead atoms. The van der Waals surface area contributed by atoms with E-state index in [9.17, 15) is 23.1 Å². The molecular formula is C21H22F3NO3. The van der Waals surface area contributed by atoms with E-state index in [1.165, 1.54) is 12.1 Å². The summed E-state index contributed by atoms with van der Waals surface area (Å²) in [5.74, 6) is -0.313. The molecule has 0 amide bonds. The molecule has 1 N–H and O–H groups in total. The molecule has 1 saturated heterocycles. The van der Waals surface area contributed by atoms with Gasteiger partial charge in [-0.1, -0.05) is 25.1 Å². The maximum atomic E-state index is 12.8. The SMILES string of the molecule is CC1CC(C(=O)O)CN(Cc2cccc(Oc3cccc(C(F)(F)F)c3)c2)C1. The summed E-state index contributed by atoms with van der Waals surface area (Å²) < 4.78 is 44.2. The van der Waals surface area contributed by atoms with E-state index in [0.29, 0.717) is 31.2 Å². The molecule has 2 unspecified atom stereocenters. The molecule has 4 nitrogen and oxygen atoms in total. The van der Waals surface area contributed by atoms with Crippen molar-refractivity contribution in [3.8, 4) is 11.5 Å². The molecule has 1 aliphatic rings. The van der Waals surface area contributed by atoms with Crippen LogP contribution < -0.4 is 4.74 Å². The Morgan fingerprint density at radius 1 is 1.14 bits per heavy atom. The Hall–Kier alpha value is -2.54. The molecule has 2 aromatic carbocycles. The number of hydrogen-bond acceptors (Lipinski definition) is 3. The van der Waals surface area contributed by atoms with Crippen LogP contribution in [0.1, 0.15) is 24.5 Å². The van der Waals surface area contributed by atoms with E-state index >= 15 is 0 Å². The zero-order valence-electron chi connectivity index (χ0n) is 15.4. The molecule has 1 heterocycles. The van der Waals surface area contributed by atoms with Crippen molar-refractivity contribution >= 4 is 5.97 Å². The number of aliphatic carboxylic acids is 1. The lowest BCUT2D eigenvalue weighted by Crippen LogP contribution is -2.41. The molecule has 0 spiro atoms. The summed E-state index contributed by atoms with van der Waals surface area (Å²) in [5, 5.41) is 9.30. The van der Waals surface area contributed by atoms with Crippen molar-refractivity contribution in [2.45, 2.75) is 26.1 Å². The van der Waals surface area contributed by atoms with E-state index in [-0.39, 0.29) is 11.7 Å². The predicted molar refractivity (Wildman–Crippen MR) is 98.1 cm³/mol. The van der Waals surface area contributed by atoms with Crippen LogP contribution in [0.25, 0.3) is 0 Å².